The average molecular weight is 336 g/mol. The molecule has 2 heterocycles. The second kappa shape index (κ2) is 4.92. The lowest BCUT2D eigenvalue weighted by Crippen LogP contribution is -2.03. The summed E-state index contributed by atoms with van der Waals surface area (Å²) in [5.74, 6) is 0.467. The van der Waals surface area contributed by atoms with Crippen LogP contribution < -0.4 is 0 Å². The fourth-order valence-electron chi connectivity index (χ4n) is 1.40. The summed E-state index contributed by atoms with van der Waals surface area (Å²) in [5.41, 5.74) is 0.788. The molecule has 2 rings (SSSR count). The van der Waals surface area contributed by atoms with Crippen LogP contribution >= 0.6 is 39.1 Å². The van der Waals surface area contributed by atoms with Gasteiger partial charge in [-0.25, -0.2) is 15.0 Å². The molecule has 0 saturated carbocycles. The van der Waals surface area contributed by atoms with Gasteiger partial charge in [0.15, 0.2) is 5.82 Å². The third kappa shape index (κ3) is 2.46. The summed E-state index contributed by atoms with van der Waals surface area (Å²) >= 11 is 15.1. The molecule has 17 heavy (non-hydrogen) atoms. The summed E-state index contributed by atoms with van der Waals surface area (Å²) in [5, 5.41) is 0.577. The van der Waals surface area contributed by atoms with Crippen LogP contribution in [0.5, 0.6) is 0 Å². The minimum absolute atomic E-state index is 0.261. The van der Waals surface area contributed by atoms with Crippen LogP contribution in [-0.4, -0.2) is 19.5 Å². The van der Waals surface area contributed by atoms with Gasteiger partial charge in [0.05, 0.1) is 17.0 Å². The summed E-state index contributed by atoms with van der Waals surface area (Å²) in [7, 11) is 0. The molecule has 2 aromatic heterocycles. The van der Waals surface area contributed by atoms with Gasteiger partial charge in [-0.1, -0.05) is 23.2 Å². The highest BCUT2D eigenvalue weighted by atomic mass is 79.9. The molecule has 0 aliphatic carbocycles. The molecule has 7 heteroatoms. The summed E-state index contributed by atoms with van der Waals surface area (Å²) < 4.78 is 2.45. The van der Waals surface area contributed by atoms with Crippen molar-refractivity contribution in [1.82, 2.24) is 19.5 Å². The van der Waals surface area contributed by atoms with E-state index in [-0.39, 0.29) is 16.3 Å². The Kier molecular flexibility index (Phi) is 3.70. The van der Waals surface area contributed by atoms with Gasteiger partial charge in [-0.2, -0.15) is 0 Å². The van der Waals surface area contributed by atoms with Gasteiger partial charge in [0.2, 0.25) is 0 Å². The van der Waals surface area contributed by atoms with Gasteiger partial charge >= 0.3 is 0 Å². The van der Waals surface area contributed by atoms with Crippen molar-refractivity contribution in [2.45, 2.75) is 19.9 Å². The maximum absolute atomic E-state index is 5.96. The van der Waals surface area contributed by atoms with E-state index in [2.05, 4.69) is 30.9 Å². The van der Waals surface area contributed by atoms with Crippen molar-refractivity contribution in [3.05, 3.63) is 27.3 Å². The van der Waals surface area contributed by atoms with Crippen LogP contribution in [0.2, 0.25) is 10.3 Å². The van der Waals surface area contributed by atoms with Gasteiger partial charge in [0.25, 0.3) is 0 Å². The number of hydrogen-bond acceptors (Lipinski definition) is 3. The lowest BCUT2D eigenvalue weighted by molar-refractivity contribution is 0.603. The van der Waals surface area contributed by atoms with Crippen molar-refractivity contribution in [3.8, 4) is 11.5 Å². The topological polar surface area (TPSA) is 43.6 Å². The monoisotopic (exact) mass is 334 g/mol. The van der Waals surface area contributed by atoms with Crippen LogP contribution in [0.25, 0.3) is 11.5 Å². The average Bonchev–Trinajstić information content (AvgIpc) is 2.74. The Balaban J connectivity index is 2.57. The van der Waals surface area contributed by atoms with Crippen molar-refractivity contribution < 1.29 is 0 Å². The molecule has 0 atom stereocenters. The number of halogens is 3. The smallest absolute Gasteiger partial charge is 0.180 e. The maximum atomic E-state index is 5.96. The summed E-state index contributed by atoms with van der Waals surface area (Å²) in [4.78, 5) is 12.4. The molecule has 0 unspecified atom stereocenters. The predicted molar refractivity (Wildman–Crippen MR) is 71.4 cm³/mol. The number of rotatable bonds is 2. The Labute approximate surface area is 117 Å². The molecule has 0 amide bonds. The SMILES string of the molecule is CC(C)n1cncc1-c1nc(Cl)c(Br)c(Cl)n1. The zero-order valence-corrected chi connectivity index (χ0v) is 12.3. The highest BCUT2D eigenvalue weighted by Gasteiger charge is 2.14. The highest BCUT2D eigenvalue weighted by molar-refractivity contribution is 9.10. The van der Waals surface area contributed by atoms with Crippen molar-refractivity contribution in [1.29, 1.82) is 0 Å². The second-order valence-electron chi connectivity index (χ2n) is 3.72. The number of imidazole rings is 1. The maximum Gasteiger partial charge on any atom is 0.180 e. The van der Waals surface area contributed by atoms with Gasteiger partial charge in [-0.05, 0) is 29.8 Å². The molecule has 0 fully saturated rings. The van der Waals surface area contributed by atoms with E-state index in [0.29, 0.717) is 10.3 Å². The van der Waals surface area contributed by atoms with E-state index in [1.165, 1.54) is 0 Å². The molecule has 0 aliphatic rings. The zero-order chi connectivity index (χ0) is 12.6. The van der Waals surface area contributed by atoms with Crippen molar-refractivity contribution >= 4 is 39.1 Å². The van der Waals surface area contributed by atoms with Gasteiger partial charge in [-0.3, -0.25) is 0 Å². The first-order chi connectivity index (χ1) is 8.00. The van der Waals surface area contributed by atoms with Gasteiger partial charge < -0.3 is 4.57 Å². The van der Waals surface area contributed by atoms with Gasteiger partial charge in [0.1, 0.15) is 16.0 Å². The molecular formula is C10H9BrCl2N4. The van der Waals surface area contributed by atoms with Crippen molar-refractivity contribution in [2.24, 2.45) is 0 Å². The van der Waals surface area contributed by atoms with E-state index in [1.807, 2.05) is 18.4 Å². The summed E-state index contributed by atoms with van der Waals surface area (Å²) in [6.45, 7) is 4.10. The Morgan fingerprint density at radius 3 is 2.35 bits per heavy atom. The zero-order valence-electron chi connectivity index (χ0n) is 9.15. The molecule has 0 bridgehead atoms. The Morgan fingerprint density at radius 1 is 1.24 bits per heavy atom. The van der Waals surface area contributed by atoms with Crippen LogP contribution in [0.1, 0.15) is 19.9 Å². The summed E-state index contributed by atoms with van der Waals surface area (Å²) in [6, 6.07) is 0.261. The lowest BCUT2D eigenvalue weighted by Gasteiger charge is -2.11. The van der Waals surface area contributed by atoms with Crippen molar-refractivity contribution in [3.63, 3.8) is 0 Å². The highest BCUT2D eigenvalue weighted by Crippen LogP contribution is 2.30. The molecule has 0 aromatic carbocycles. The second-order valence-corrected chi connectivity index (χ2v) is 5.23. The molecule has 0 radical (unpaired) electrons. The van der Waals surface area contributed by atoms with Crippen molar-refractivity contribution in [2.75, 3.05) is 0 Å². The molecule has 4 nitrogen and oxygen atoms in total. The molecule has 0 N–H and O–H groups in total. The predicted octanol–water partition coefficient (Wildman–Crippen LogP) is 3.99. The van der Waals surface area contributed by atoms with Crippen LogP contribution in [-0.2, 0) is 0 Å². The number of nitrogens with zero attached hydrogens (tertiary/aromatic N) is 4. The van der Waals surface area contributed by atoms with Crippen LogP contribution in [0.15, 0.2) is 17.0 Å². The molecule has 0 saturated heterocycles. The van der Waals surface area contributed by atoms with Crippen LogP contribution in [0.3, 0.4) is 0 Å². The Bertz CT molecular complexity index is 530. The first-order valence-corrected chi connectivity index (χ1v) is 6.46. The fourth-order valence-corrected chi connectivity index (χ4v) is 1.96. The molecular weight excluding hydrogens is 327 g/mol. The van der Waals surface area contributed by atoms with E-state index in [9.17, 15) is 0 Å². The third-order valence-electron chi connectivity index (χ3n) is 2.22. The van der Waals surface area contributed by atoms with Crippen LogP contribution in [0, 0.1) is 0 Å². The quantitative estimate of drug-likeness (QED) is 0.779. The first-order valence-electron chi connectivity index (χ1n) is 4.91. The largest absolute Gasteiger partial charge is 0.325 e. The van der Waals surface area contributed by atoms with E-state index in [4.69, 9.17) is 23.2 Å². The summed E-state index contributed by atoms with van der Waals surface area (Å²) in [6.07, 6.45) is 3.42. The lowest BCUT2D eigenvalue weighted by atomic mass is 10.3. The van der Waals surface area contributed by atoms with Gasteiger partial charge in [-0.15, -0.1) is 0 Å². The number of hydrogen-bond donors (Lipinski definition) is 0. The molecule has 90 valence electrons. The van der Waals surface area contributed by atoms with Crippen LogP contribution in [0.4, 0.5) is 0 Å². The van der Waals surface area contributed by atoms with E-state index >= 15 is 0 Å². The number of aromatic nitrogens is 4. The third-order valence-corrected chi connectivity index (χ3v) is 3.98. The Morgan fingerprint density at radius 2 is 1.82 bits per heavy atom. The Hall–Kier alpha value is -0.650. The van der Waals surface area contributed by atoms with E-state index in [0.717, 1.165) is 5.69 Å². The molecule has 0 spiro atoms. The first kappa shape index (κ1) is 12.8. The minimum atomic E-state index is 0.261. The normalized spacial score (nSPS) is 11.2. The van der Waals surface area contributed by atoms with E-state index in [1.54, 1.807) is 12.5 Å². The fraction of sp³-hybridized carbons (Fsp3) is 0.300. The molecule has 2 aromatic rings. The minimum Gasteiger partial charge on any atom is -0.325 e. The standard InChI is InChI=1S/C10H9BrCl2N4/c1-5(2)17-4-14-3-6(17)10-15-8(12)7(11)9(13)16-10/h3-5H,1-2H3. The molecule has 0 aliphatic heterocycles. The van der Waals surface area contributed by atoms with Gasteiger partial charge in [0, 0.05) is 6.04 Å². The van der Waals surface area contributed by atoms with E-state index < -0.39 is 0 Å².